The largest absolute Gasteiger partial charge is 0.562 e. The van der Waals surface area contributed by atoms with Crippen molar-refractivity contribution in [2.45, 2.75) is 99.9 Å². The minimum absolute atomic E-state index is 0.120. The summed E-state index contributed by atoms with van der Waals surface area (Å²) in [5.41, 5.74) is 1.68. The molecule has 0 N–H and O–H groups in total. The molecule has 5 rings (SSSR count). The van der Waals surface area contributed by atoms with Gasteiger partial charge < -0.3 is 4.43 Å². The summed E-state index contributed by atoms with van der Waals surface area (Å²) in [6, 6.07) is 11.1. The first-order chi connectivity index (χ1) is 16.8. The molecule has 197 valence electrons. The third-order valence-electron chi connectivity index (χ3n) is 9.08. The molecule has 1 atom stereocenters. The van der Waals surface area contributed by atoms with Crippen molar-refractivity contribution >= 4 is 40.0 Å². The summed E-state index contributed by atoms with van der Waals surface area (Å²) < 4.78 is 51.3. The minimum Gasteiger partial charge on any atom is -0.562 e. The summed E-state index contributed by atoms with van der Waals surface area (Å²) in [5.74, 6) is -0.0979. The molecule has 2 saturated carbocycles. The average molecular weight is 595 g/mol. The Morgan fingerprint density at radius 2 is 1.64 bits per heavy atom. The number of rotatable bonds is 5. The molecule has 8 heteroatoms. The van der Waals surface area contributed by atoms with Crippen LogP contribution in [0.2, 0.25) is 18.1 Å². The molecule has 2 aliphatic carbocycles. The maximum Gasteiger partial charge on any atom is 0.264 e. The Morgan fingerprint density at radius 1 is 1.03 bits per heavy atom. The topological polar surface area (TPSA) is 46.6 Å². The van der Waals surface area contributed by atoms with E-state index in [1.165, 1.54) is 24.3 Å². The Kier molecular flexibility index (Phi) is 6.54. The number of fused-ring (bicyclic) bond motifs is 2. The Hall–Kier alpha value is -1.22. The predicted octanol–water partition coefficient (Wildman–Crippen LogP) is 7.78. The lowest BCUT2D eigenvalue weighted by molar-refractivity contribution is 0.0943. The number of halogens is 2. The molecule has 0 bridgehead atoms. The lowest BCUT2D eigenvalue weighted by Crippen LogP contribution is -2.52. The Balaban J connectivity index is 1.54. The summed E-state index contributed by atoms with van der Waals surface area (Å²) in [4.78, 5) is 0.149. The number of anilines is 1. The van der Waals surface area contributed by atoms with Crippen molar-refractivity contribution in [2.24, 2.45) is 5.92 Å². The molecule has 0 aromatic heterocycles. The van der Waals surface area contributed by atoms with Gasteiger partial charge >= 0.3 is 0 Å². The lowest BCUT2D eigenvalue weighted by Gasteiger charge is -2.53. The average Bonchev–Trinajstić information content (AvgIpc) is 3.59. The Morgan fingerprint density at radius 3 is 2.19 bits per heavy atom. The summed E-state index contributed by atoms with van der Waals surface area (Å²) >= 11 is 3.66. The Bertz CT molecular complexity index is 1250. The van der Waals surface area contributed by atoms with Gasteiger partial charge in [0, 0.05) is 16.0 Å². The molecule has 2 fully saturated rings. The second-order valence-electron chi connectivity index (χ2n) is 12.4. The fraction of sp³-hybridized carbons (Fsp3) is 0.571. The van der Waals surface area contributed by atoms with Gasteiger partial charge in [0.15, 0.2) is 0 Å². The van der Waals surface area contributed by atoms with Gasteiger partial charge in [-0.2, -0.15) is 0 Å². The van der Waals surface area contributed by atoms with Crippen LogP contribution in [0.1, 0.15) is 64.9 Å². The van der Waals surface area contributed by atoms with Crippen LogP contribution in [-0.2, 0) is 19.9 Å². The molecule has 0 amide bonds. The van der Waals surface area contributed by atoms with Crippen molar-refractivity contribution < 1.29 is 17.2 Å². The molecule has 1 spiro atoms. The van der Waals surface area contributed by atoms with Gasteiger partial charge in [-0.05, 0) is 101 Å². The highest BCUT2D eigenvalue weighted by atomic mass is 79.9. The molecular weight excluding hydrogens is 557 g/mol. The zero-order valence-electron chi connectivity index (χ0n) is 21.9. The fourth-order valence-electron chi connectivity index (χ4n) is 6.07. The molecule has 1 heterocycles. The number of hydrogen-bond donors (Lipinski definition) is 0. The SMILES string of the molecule is CC(C)(C)[Si-](C)(C)OC1CCC2(CC1)c1cc(Br)ccc1N(S(=O)(=O)c1ccc(F)cc1)C2C1CC1. The summed E-state index contributed by atoms with van der Waals surface area (Å²) in [7, 11) is -5.73. The van der Waals surface area contributed by atoms with Gasteiger partial charge in [-0.1, -0.05) is 36.7 Å². The third-order valence-corrected chi connectivity index (χ3v) is 15.9. The van der Waals surface area contributed by atoms with Gasteiger partial charge in [0.2, 0.25) is 0 Å². The smallest absolute Gasteiger partial charge is 0.264 e. The van der Waals surface area contributed by atoms with Crippen LogP contribution in [0.4, 0.5) is 10.1 Å². The molecule has 2 aromatic carbocycles. The van der Waals surface area contributed by atoms with Crippen LogP contribution in [0, 0.1) is 11.7 Å². The molecule has 1 aliphatic heterocycles. The first kappa shape index (κ1) is 26.4. The maximum absolute atomic E-state index is 14.1. The first-order valence-electron chi connectivity index (χ1n) is 13.0. The number of benzene rings is 2. The van der Waals surface area contributed by atoms with E-state index >= 15 is 0 Å². The second kappa shape index (κ2) is 8.92. The van der Waals surface area contributed by atoms with E-state index in [0.29, 0.717) is 5.92 Å². The van der Waals surface area contributed by atoms with E-state index in [1.807, 2.05) is 12.1 Å². The van der Waals surface area contributed by atoms with Crippen molar-refractivity contribution in [3.63, 3.8) is 0 Å². The highest BCUT2D eigenvalue weighted by Crippen LogP contribution is 2.60. The summed E-state index contributed by atoms with van der Waals surface area (Å²) in [6.45, 7) is 11.4. The van der Waals surface area contributed by atoms with Gasteiger partial charge in [-0.15, -0.1) is 18.1 Å². The van der Waals surface area contributed by atoms with Crippen molar-refractivity contribution in [3.05, 3.63) is 58.3 Å². The van der Waals surface area contributed by atoms with Gasteiger partial charge in [-0.3, -0.25) is 4.31 Å². The molecule has 0 saturated heterocycles. The summed E-state index contributed by atoms with van der Waals surface area (Å²) in [6.07, 6.45) is 5.99. The van der Waals surface area contributed by atoms with Gasteiger partial charge in [0.1, 0.15) is 5.82 Å². The molecule has 36 heavy (non-hydrogen) atoms. The lowest BCUT2D eigenvalue weighted by atomic mass is 9.65. The van der Waals surface area contributed by atoms with Crippen LogP contribution in [0.3, 0.4) is 0 Å². The standard InChI is InChI=1S/C28H37BrFNO3SSi/c1-27(2,3)36(4,5)34-22-14-16-28(17-15-22)24-18-20(29)8-13-25(24)31(26(28)19-6-7-19)35(32,33)23-11-9-21(30)10-12-23/h8-13,18-19,22,26H,6-7,14-17H2,1-5H3/q-1. The molecule has 3 aliphatic rings. The van der Waals surface area contributed by atoms with Crippen LogP contribution in [-0.4, -0.2) is 28.9 Å². The number of hydrogen-bond acceptors (Lipinski definition) is 3. The van der Waals surface area contributed by atoms with Crippen LogP contribution in [0.15, 0.2) is 51.8 Å². The predicted molar refractivity (Wildman–Crippen MR) is 149 cm³/mol. The molecule has 1 unspecified atom stereocenters. The van der Waals surface area contributed by atoms with Crippen molar-refractivity contribution in [1.29, 1.82) is 0 Å². The van der Waals surface area contributed by atoms with Crippen LogP contribution in [0.25, 0.3) is 0 Å². The van der Waals surface area contributed by atoms with E-state index in [9.17, 15) is 12.8 Å². The summed E-state index contributed by atoms with van der Waals surface area (Å²) in [5, 5.41) is 0.156. The second-order valence-corrected chi connectivity index (χ2v) is 19.9. The van der Waals surface area contributed by atoms with Gasteiger partial charge in [0.05, 0.1) is 16.6 Å². The molecule has 4 nitrogen and oxygen atoms in total. The van der Waals surface area contributed by atoms with E-state index in [4.69, 9.17) is 4.43 Å². The van der Waals surface area contributed by atoms with E-state index in [0.717, 1.165) is 54.2 Å². The van der Waals surface area contributed by atoms with Crippen molar-refractivity contribution in [2.75, 3.05) is 4.31 Å². The van der Waals surface area contributed by atoms with Gasteiger partial charge in [0.25, 0.3) is 10.0 Å². The number of nitrogens with zero attached hydrogens (tertiary/aromatic N) is 1. The van der Waals surface area contributed by atoms with E-state index < -0.39 is 24.2 Å². The zero-order chi connectivity index (χ0) is 26.1. The zero-order valence-corrected chi connectivity index (χ0v) is 25.3. The fourth-order valence-corrected chi connectivity index (χ4v) is 9.65. The molecule has 2 aromatic rings. The molecular formula is C28H37BrFNO3SSi-. The first-order valence-corrected chi connectivity index (χ1v) is 18.2. The van der Waals surface area contributed by atoms with E-state index in [-0.39, 0.29) is 27.5 Å². The molecule has 0 radical (unpaired) electrons. The minimum atomic E-state index is -3.85. The van der Waals surface area contributed by atoms with E-state index in [2.05, 4.69) is 55.9 Å². The van der Waals surface area contributed by atoms with Crippen molar-refractivity contribution in [1.82, 2.24) is 0 Å². The highest BCUT2D eigenvalue weighted by molar-refractivity contribution is 9.10. The van der Waals surface area contributed by atoms with Crippen molar-refractivity contribution in [3.8, 4) is 0 Å². The third kappa shape index (κ3) is 4.40. The number of sulfonamides is 1. The van der Waals surface area contributed by atoms with Crippen LogP contribution < -0.4 is 4.31 Å². The highest BCUT2D eigenvalue weighted by Gasteiger charge is 2.60. The quantitative estimate of drug-likeness (QED) is 0.332. The maximum atomic E-state index is 14.1. The monoisotopic (exact) mass is 593 g/mol. The van der Waals surface area contributed by atoms with Crippen LogP contribution in [0.5, 0.6) is 0 Å². The van der Waals surface area contributed by atoms with E-state index in [1.54, 1.807) is 4.31 Å². The van der Waals surface area contributed by atoms with Gasteiger partial charge in [-0.25, -0.2) is 12.8 Å². The Labute approximate surface area is 224 Å². The normalized spacial score (nSPS) is 26.9. The van der Waals surface area contributed by atoms with Crippen LogP contribution >= 0.6 is 15.9 Å².